The van der Waals surface area contributed by atoms with Crippen molar-refractivity contribution in [2.24, 2.45) is 0 Å². The third-order valence-corrected chi connectivity index (χ3v) is 2.84. The molecule has 3 nitrogen and oxygen atoms in total. The van der Waals surface area contributed by atoms with Crippen molar-refractivity contribution in [3.8, 4) is 11.5 Å². The summed E-state index contributed by atoms with van der Waals surface area (Å²) in [6.45, 7) is 1.90. The van der Waals surface area contributed by atoms with Crippen LogP contribution in [0.1, 0.15) is 24.3 Å². The summed E-state index contributed by atoms with van der Waals surface area (Å²) in [4.78, 5) is 4.06. The average Bonchev–Trinajstić information content (AvgIpc) is 2.86. The van der Waals surface area contributed by atoms with Crippen molar-refractivity contribution >= 4 is 0 Å². The normalized spacial score (nSPS) is 13.5. The third-order valence-electron chi connectivity index (χ3n) is 2.84. The van der Waals surface area contributed by atoms with E-state index in [9.17, 15) is 13.2 Å². The van der Waals surface area contributed by atoms with Gasteiger partial charge in [0.15, 0.2) is 0 Å². The molecule has 1 aromatic carbocycles. The van der Waals surface area contributed by atoms with Crippen molar-refractivity contribution in [1.82, 2.24) is 10.3 Å². The summed E-state index contributed by atoms with van der Waals surface area (Å²) in [7, 11) is 1.78. The highest BCUT2D eigenvalue weighted by Gasteiger charge is 2.30. The standard InChI is InChI=1S/C13H13F3N2O/c1-8(17-2)11-7-18-12(19-11)9-3-5-10(6-4-9)13(14,15)16/h3-8,17H,1-2H3. The molecule has 2 rings (SSSR count). The summed E-state index contributed by atoms with van der Waals surface area (Å²) in [6, 6.07) is 4.72. The van der Waals surface area contributed by atoms with E-state index in [1.54, 1.807) is 13.2 Å². The molecule has 1 unspecified atom stereocenters. The predicted molar refractivity (Wildman–Crippen MR) is 64.4 cm³/mol. The second kappa shape index (κ2) is 5.05. The molecule has 0 aliphatic heterocycles. The van der Waals surface area contributed by atoms with Gasteiger partial charge in [-0.3, -0.25) is 0 Å². The summed E-state index contributed by atoms with van der Waals surface area (Å²) < 4.78 is 42.8. The first-order valence-electron chi connectivity index (χ1n) is 5.72. The van der Waals surface area contributed by atoms with Crippen LogP contribution >= 0.6 is 0 Å². The lowest BCUT2D eigenvalue weighted by Crippen LogP contribution is -2.11. The topological polar surface area (TPSA) is 38.1 Å². The maximum Gasteiger partial charge on any atom is 0.416 e. The van der Waals surface area contributed by atoms with E-state index >= 15 is 0 Å². The predicted octanol–water partition coefficient (Wildman–Crippen LogP) is 3.64. The first-order chi connectivity index (χ1) is 8.91. The fraction of sp³-hybridized carbons (Fsp3) is 0.308. The van der Waals surface area contributed by atoms with E-state index in [-0.39, 0.29) is 6.04 Å². The van der Waals surface area contributed by atoms with Gasteiger partial charge >= 0.3 is 6.18 Å². The highest BCUT2D eigenvalue weighted by atomic mass is 19.4. The number of hydrogen-bond acceptors (Lipinski definition) is 3. The Balaban J connectivity index is 2.25. The summed E-state index contributed by atoms with van der Waals surface area (Å²) in [5, 5.41) is 2.99. The number of nitrogens with zero attached hydrogens (tertiary/aromatic N) is 1. The molecule has 0 radical (unpaired) electrons. The van der Waals surface area contributed by atoms with Gasteiger partial charge in [-0.25, -0.2) is 4.98 Å². The minimum Gasteiger partial charge on any atom is -0.440 e. The van der Waals surface area contributed by atoms with Crippen molar-refractivity contribution in [2.75, 3.05) is 7.05 Å². The Morgan fingerprint density at radius 2 is 1.84 bits per heavy atom. The minimum absolute atomic E-state index is 0.00398. The Labute approximate surface area is 108 Å². The van der Waals surface area contributed by atoms with Crippen LogP contribution in [-0.4, -0.2) is 12.0 Å². The van der Waals surface area contributed by atoms with Gasteiger partial charge in [0.2, 0.25) is 5.89 Å². The lowest BCUT2D eigenvalue weighted by molar-refractivity contribution is -0.137. The van der Waals surface area contributed by atoms with Crippen LogP contribution in [0.3, 0.4) is 0 Å². The smallest absolute Gasteiger partial charge is 0.416 e. The highest BCUT2D eigenvalue weighted by Crippen LogP contribution is 2.31. The van der Waals surface area contributed by atoms with Gasteiger partial charge in [0.05, 0.1) is 17.8 Å². The van der Waals surface area contributed by atoms with Crippen LogP contribution in [0.2, 0.25) is 0 Å². The van der Waals surface area contributed by atoms with Crippen molar-refractivity contribution in [1.29, 1.82) is 0 Å². The van der Waals surface area contributed by atoms with E-state index in [2.05, 4.69) is 10.3 Å². The molecule has 2 aromatic rings. The second-order valence-corrected chi connectivity index (χ2v) is 4.15. The molecule has 0 fully saturated rings. The van der Waals surface area contributed by atoms with Crippen LogP contribution in [0.5, 0.6) is 0 Å². The molecular weight excluding hydrogens is 257 g/mol. The van der Waals surface area contributed by atoms with Crippen LogP contribution in [0.15, 0.2) is 34.9 Å². The molecule has 0 aliphatic rings. The van der Waals surface area contributed by atoms with E-state index in [0.717, 1.165) is 12.1 Å². The summed E-state index contributed by atoms with van der Waals surface area (Å²) in [5.74, 6) is 0.947. The second-order valence-electron chi connectivity index (χ2n) is 4.15. The molecular formula is C13H13F3N2O. The van der Waals surface area contributed by atoms with Gasteiger partial charge in [0.25, 0.3) is 0 Å². The molecule has 0 saturated heterocycles. The van der Waals surface area contributed by atoms with Gasteiger partial charge in [-0.05, 0) is 38.2 Å². The molecule has 0 amide bonds. The van der Waals surface area contributed by atoms with Crippen LogP contribution in [0, 0.1) is 0 Å². The number of aromatic nitrogens is 1. The Morgan fingerprint density at radius 3 is 2.37 bits per heavy atom. The monoisotopic (exact) mass is 270 g/mol. The zero-order valence-corrected chi connectivity index (χ0v) is 10.5. The summed E-state index contributed by atoms with van der Waals surface area (Å²) in [5.41, 5.74) is -0.172. The van der Waals surface area contributed by atoms with Gasteiger partial charge in [-0.1, -0.05) is 0 Å². The van der Waals surface area contributed by atoms with E-state index in [4.69, 9.17) is 4.42 Å². The van der Waals surface area contributed by atoms with E-state index < -0.39 is 11.7 Å². The molecule has 1 atom stereocenters. The maximum atomic E-state index is 12.4. The zero-order valence-electron chi connectivity index (χ0n) is 10.5. The van der Waals surface area contributed by atoms with E-state index in [1.807, 2.05) is 6.92 Å². The zero-order chi connectivity index (χ0) is 14.0. The van der Waals surface area contributed by atoms with E-state index in [0.29, 0.717) is 17.2 Å². The SMILES string of the molecule is CNC(C)c1cnc(-c2ccc(C(F)(F)F)cc2)o1. The molecule has 19 heavy (non-hydrogen) atoms. The molecule has 0 spiro atoms. The lowest BCUT2D eigenvalue weighted by Gasteiger charge is -2.06. The average molecular weight is 270 g/mol. The number of hydrogen-bond donors (Lipinski definition) is 1. The molecule has 1 N–H and O–H groups in total. The number of benzene rings is 1. The number of rotatable bonds is 3. The highest BCUT2D eigenvalue weighted by molar-refractivity contribution is 5.53. The van der Waals surface area contributed by atoms with Crippen molar-refractivity contribution in [3.05, 3.63) is 41.8 Å². The molecule has 0 bridgehead atoms. The van der Waals surface area contributed by atoms with Gasteiger partial charge in [-0.15, -0.1) is 0 Å². The fourth-order valence-electron chi connectivity index (χ4n) is 1.56. The Hall–Kier alpha value is -1.82. The first-order valence-corrected chi connectivity index (χ1v) is 5.72. The maximum absolute atomic E-state index is 12.4. The minimum atomic E-state index is -4.33. The first kappa shape index (κ1) is 13.6. The molecule has 1 aromatic heterocycles. The van der Waals surface area contributed by atoms with Gasteiger partial charge in [0.1, 0.15) is 5.76 Å². The third kappa shape index (κ3) is 2.96. The number of halogens is 3. The number of oxazole rings is 1. The van der Waals surface area contributed by atoms with Crippen molar-refractivity contribution in [3.63, 3.8) is 0 Å². The van der Waals surface area contributed by atoms with Crippen molar-refractivity contribution < 1.29 is 17.6 Å². The Kier molecular flexibility index (Phi) is 3.61. The van der Waals surface area contributed by atoms with Crippen LogP contribution in [-0.2, 0) is 6.18 Å². The fourth-order valence-corrected chi connectivity index (χ4v) is 1.56. The van der Waals surface area contributed by atoms with Crippen molar-refractivity contribution in [2.45, 2.75) is 19.1 Å². The van der Waals surface area contributed by atoms with Gasteiger partial charge < -0.3 is 9.73 Å². The number of nitrogens with one attached hydrogen (secondary N) is 1. The van der Waals surface area contributed by atoms with Gasteiger partial charge in [-0.2, -0.15) is 13.2 Å². The van der Waals surface area contributed by atoms with Crippen LogP contribution < -0.4 is 5.32 Å². The lowest BCUT2D eigenvalue weighted by atomic mass is 10.1. The Bertz CT molecular complexity index is 546. The molecule has 102 valence electrons. The molecule has 0 saturated carbocycles. The molecule has 1 heterocycles. The summed E-state index contributed by atoms with van der Waals surface area (Å²) in [6.07, 6.45) is -2.77. The quantitative estimate of drug-likeness (QED) is 0.925. The van der Waals surface area contributed by atoms with E-state index in [1.165, 1.54) is 12.1 Å². The Morgan fingerprint density at radius 1 is 1.21 bits per heavy atom. The van der Waals surface area contributed by atoms with Gasteiger partial charge in [0, 0.05) is 5.56 Å². The van der Waals surface area contributed by atoms with Crippen LogP contribution in [0.25, 0.3) is 11.5 Å². The molecule has 6 heteroatoms. The number of alkyl halides is 3. The molecule has 0 aliphatic carbocycles. The largest absolute Gasteiger partial charge is 0.440 e. The summed E-state index contributed by atoms with van der Waals surface area (Å²) >= 11 is 0. The van der Waals surface area contributed by atoms with Crippen LogP contribution in [0.4, 0.5) is 13.2 Å².